The quantitative estimate of drug-likeness (QED) is 0.425. The summed E-state index contributed by atoms with van der Waals surface area (Å²) < 4.78 is 0. The Kier molecular flexibility index (Phi) is 10.7. The Morgan fingerprint density at radius 1 is 0.650 bits per heavy atom. The lowest BCUT2D eigenvalue weighted by Crippen LogP contribution is -1.86. The Morgan fingerprint density at radius 2 is 1.15 bits per heavy atom. The van der Waals surface area contributed by atoms with E-state index in [1.807, 2.05) is 0 Å². The van der Waals surface area contributed by atoms with E-state index < -0.39 is 0 Å². The summed E-state index contributed by atoms with van der Waals surface area (Å²) >= 11 is 0. The van der Waals surface area contributed by atoms with Crippen molar-refractivity contribution < 1.29 is 0 Å². The highest BCUT2D eigenvalue weighted by molar-refractivity contribution is 5.14. The van der Waals surface area contributed by atoms with Crippen LogP contribution in [0.1, 0.15) is 76.2 Å². The Labute approximate surface area is 125 Å². The Bertz CT molecular complexity index is 350. The van der Waals surface area contributed by atoms with E-state index in [0.717, 1.165) is 12.8 Å². The molecule has 0 spiro atoms. The van der Waals surface area contributed by atoms with Crippen molar-refractivity contribution in [2.75, 3.05) is 0 Å². The molecule has 0 heterocycles. The van der Waals surface area contributed by atoms with E-state index in [2.05, 4.69) is 36.4 Å². The van der Waals surface area contributed by atoms with Crippen LogP contribution in [0, 0.1) is 11.3 Å². The maximum Gasteiger partial charge on any atom is 0.0621 e. The molecule has 0 bridgehead atoms. The van der Waals surface area contributed by atoms with Crippen LogP contribution in [0.15, 0.2) is 30.3 Å². The highest BCUT2D eigenvalue weighted by Gasteiger charge is 1.94. The molecule has 0 atom stereocenters. The highest BCUT2D eigenvalue weighted by Crippen LogP contribution is 2.12. The van der Waals surface area contributed by atoms with Crippen molar-refractivity contribution in [3.8, 4) is 6.07 Å². The van der Waals surface area contributed by atoms with Crippen LogP contribution in [0.2, 0.25) is 0 Å². The van der Waals surface area contributed by atoms with Crippen molar-refractivity contribution >= 4 is 0 Å². The van der Waals surface area contributed by atoms with Crippen molar-refractivity contribution in [2.45, 2.75) is 77.0 Å². The molecule has 1 nitrogen and oxygen atoms in total. The van der Waals surface area contributed by atoms with Gasteiger partial charge in [-0.1, -0.05) is 81.7 Å². The van der Waals surface area contributed by atoms with Gasteiger partial charge in [-0.25, -0.2) is 0 Å². The van der Waals surface area contributed by atoms with E-state index in [1.54, 1.807) is 0 Å². The normalized spacial score (nSPS) is 10.3. The molecule has 0 N–H and O–H groups in total. The number of nitriles is 1. The summed E-state index contributed by atoms with van der Waals surface area (Å²) in [6.45, 7) is 0. The molecule has 1 rings (SSSR count). The van der Waals surface area contributed by atoms with Crippen LogP contribution >= 0.6 is 0 Å². The van der Waals surface area contributed by atoms with Gasteiger partial charge in [0, 0.05) is 6.42 Å². The molecule has 0 saturated carbocycles. The van der Waals surface area contributed by atoms with Gasteiger partial charge in [0.2, 0.25) is 0 Å². The lowest BCUT2D eigenvalue weighted by Gasteiger charge is -2.03. The first-order valence-electron chi connectivity index (χ1n) is 8.34. The van der Waals surface area contributed by atoms with Gasteiger partial charge in [0.25, 0.3) is 0 Å². The summed E-state index contributed by atoms with van der Waals surface area (Å²) in [4.78, 5) is 0. The van der Waals surface area contributed by atoms with Crippen molar-refractivity contribution in [1.82, 2.24) is 0 Å². The van der Waals surface area contributed by atoms with E-state index in [9.17, 15) is 0 Å². The lowest BCUT2D eigenvalue weighted by molar-refractivity contribution is 0.553. The van der Waals surface area contributed by atoms with Crippen LogP contribution in [0.25, 0.3) is 0 Å². The van der Waals surface area contributed by atoms with Crippen LogP contribution in [-0.2, 0) is 6.42 Å². The minimum absolute atomic E-state index is 0.738. The molecule has 110 valence electrons. The second-order valence-electron chi connectivity index (χ2n) is 5.68. The van der Waals surface area contributed by atoms with Crippen LogP contribution in [-0.4, -0.2) is 0 Å². The highest BCUT2D eigenvalue weighted by atomic mass is 14.2. The number of unbranched alkanes of at least 4 members (excludes halogenated alkanes) is 10. The fourth-order valence-corrected chi connectivity index (χ4v) is 2.59. The predicted molar refractivity (Wildman–Crippen MR) is 86.5 cm³/mol. The second-order valence-corrected chi connectivity index (χ2v) is 5.68. The van der Waals surface area contributed by atoms with E-state index in [1.165, 1.54) is 69.8 Å². The molecular formula is C19H29N. The van der Waals surface area contributed by atoms with Crippen LogP contribution in [0.5, 0.6) is 0 Å². The van der Waals surface area contributed by atoms with Crippen molar-refractivity contribution in [3.63, 3.8) is 0 Å². The van der Waals surface area contributed by atoms with Crippen molar-refractivity contribution in [1.29, 1.82) is 5.26 Å². The Morgan fingerprint density at radius 3 is 1.70 bits per heavy atom. The Hall–Kier alpha value is -1.29. The fraction of sp³-hybridized carbons (Fsp3) is 0.632. The summed E-state index contributed by atoms with van der Waals surface area (Å²) in [7, 11) is 0. The molecule has 0 aliphatic carbocycles. The molecule has 0 radical (unpaired) electrons. The predicted octanol–water partition coefficient (Wildman–Crippen LogP) is 6.04. The first kappa shape index (κ1) is 16.8. The van der Waals surface area contributed by atoms with E-state index in [4.69, 9.17) is 5.26 Å². The van der Waals surface area contributed by atoms with Crippen molar-refractivity contribution in [3.05, 3.63) is 35.9 Å². The second kappa shape index (κ2) is 12.7. The third-order valence-corrected chi connectivity index (χ3v) is 3.85. The smallest absolute Gasteiger partial charge is 0.0621 e. The van der Waals surface area contributed by atoms with Gasteiger partial charge in [-0.3, -0.25) is 0 Å². The molecule has 0 saturated heterocycles. The molecule has 0 fully saturated rings. The number of hydrogen-bond donors (Lipinski definition) is 0. The summed E-state index contributed by atoms with van der Waals surface area (Å²) in [5.74, 6) is 0. The molecule has 0 unspecified atom stereocenters. The topological polar surface area (TPSA) is 23.8 Å². The first-order valence-corrected chi connectivity index (χ1v) is 8.34. The SMILES string of the molecule is N#CCCCCCCCCCCCCc1ccccc1. The molecule has 1 heteroatoms. The molecule has 20 heavy (non-hydrogen) atoms. The van der Waals surface area contributed by atoms with Gasteiger partial charge in [-0.15, -0.1) is 0 Å². The zero-order valence-electron chi connectivity index (χ0n) is 12.8. The molecular weight excluding hydrogens is 242 g/mol. The summed E-state index contributed by atoms with van der Waals surface area (Å²) in [5, 5.41) is 8.43. The van der Waals surface area contributed by atoms with Crippen molar-refractivity contribution in [2.24, 2.45) is 0 Å². The molecule has 0 aliphatic heterocycles. The number of aryl methyl sites for hydroxylation is 1. The third-order valence-electron chi connectivity index (χ3n) is 3.85. The standard InChI is InChI=1S/C19H29N/c20-18-14-9-7-5-3-1-2-4-6-8-11-15-19-16-12-10-13-17-19/h10,12-13,16-17H,1-9,11,14-15H2. The minimum atomic E-state index is 0.738. The zero-order valence-corrected chi connectivity index (χ0v) is 12.8. The van der Waals surface area contributed by atoms with E-state index >= 15 is 0 Å². The fourth-order valence-electron chi connectivity index (χ4n) is 2.59. The maximum atomic E-state index is 8.43. The average molecular weight is 271 g/mol. The van der Waals surface area contributed by atoms with E-state index in [-0.39, 0.29) is 0 Å². The average Bonchev–Trinajstić information content (AvgIpc) is 2.49. The van der Waals surface area contributed by atoms with Gasteiger partial charge in [0.1, 0.15) is 0 Å². The van der Waals surface area contributed by atoms with Gasteiger partial charge in [0.15, 0.2) is 0 Å². The Balaban J connectivity index is 1.78. The number of rotatable bonds is 12. The third kappa shape index (κ3) is 9.62. The van der Waals surface area contributed by atoms with E-state index in [0.29, 0.717) is 0 Å². The number of benzene rings is 1. The molecule has 0 aromatic heterocycles. The molecule has 0 amide bonds. The monoisotopic (exact) mass is 271 g/mol. The summed E-state index contributed by atoms with van der Waals surface area (Å²) in [6, 6.07) is 13.0. The molecule has 1 aromatic rings. The first-order chi connectivity index (χ1) is 9.93. The number of hydrogen-bond acceptors (Lipinski definition) is 1. The largest absolute Gasteiger partial charge is 0.198 e. The van der Waals surface area contributed by atoms with Gasteiger partial charge in [-0.05, 0) is 24.8 Å². The summed E-state index contributed by atoms with van der Waals surface area (Å²) in [6.07, 6.45) is 15.2. The molecule has 1 aromatic carbocycles. The molecule has 0 aliphatic rings. The van der Waals surface area contributed by atoms with Gasteiger partial charge in [0.05, 0.1) is 6.07 Å². The van der Waals surface area contributed by atoms with Gasteiger partial charge < -0.3 is 0 Å². The van der Waals surface area contributed by atoms with Crippen LogP contribution in [0.4, 0.5) is 0 Å². The van der Waals surface area contributed by atoms with Gasteiger partial charge >= 0.3 is 0 Å². The lowest BCUT2D eigenvalue weighted by atomic mass is 10.0. The summed E-state index contributed by atoms with van der Waals surface area (Å²) in [5.41, 5.74) is 1.48. The minimum Gasteiger partial charge on any atom is -0.198 e. The number of nitrogens with zero attached hydrogens (tertiary/aromatic N) is 1. The van der Waals surface area contributed by atoms with Crippen LogP contribution in [0.3, 0.4) is 0 Å². The van der Waals surface area contributed by atoms with Gasteiger partial charge in [-0.2, -0.15) is 5.26 Å². The maximum absolute atomic E-state index is 8.43. The van der Waals surface area contributed by atoms with Crippen LogP contribution < -0.4 is 0 Å². The zero-order chi connectivity index (χ0) is 14.3.